The van der Waals surface area contributed by atoms with E-state index in [1.807, 2.05) is 6.08 Å². The van der Waals surface area contributed by atoms with Gasteiger partial charge in [-0.2, -0.15) is 5.10 Å². The summed E-state index contributed by atoms with van der Waals surface area (Å²) in [4.78, 5) is 22.3. The molecule has 0 saturated heterocycles. The van der Waals surface area contributed by atoms with Crippen LogP contribution in [0.25, 0.3) is 6.08 Å². The summed E-state index contributed by atoms with van der Waals surface area (Å²) < 4.78 is 0. The Hall–Kier alpha value is -2.71. The standard InChI is InChI=1S/C22H32N6O2/c1-5-28(6-2)10-7-15-19(13-29)26-17(20(15)14(3)4)11-18-21(24-9-8-23-18)16-12-25-27-22(16)30/h8-9,11-12,14,16,23,26,29H,5-7,10,13H2,1-4H3,(H,27,30). The van der Waals surface area contributed by atoms with E-state index in [0.29, 0.717) is 5.71 Å². The predicted octanol–water partition coefficient (Wildman–Crippen LogP) is 2.10. The van der Waals surface area contributed by atoms with Crippen molar-refractivity contribution in [2.24, 2.45) is 16.0 Å². The fourth-order valence-corrected chi connectivity index (χ4v) is 4.04. The monoisotopic (exact) mass is 412 g/mol. The molecule has 1 unspecified atom stereocenters. The highest BCUT2D eigenvalue weighted by Crippen LogP contribution is 2.30. The Morgan fingerprint density at radius 3 is 2.67 bits per heavy atom. The van der Waals surface area contributed by atoms with Gasteiger partial charge in [-0.05, 0) is 42.6 Å². The van der Waals surface area contributed by atoms with Crippen molar-refractivity contribution in [1.29, 1.82) is 0 Å². The van der Waals surface area contributed by atoms with E-state index in [9.17, 15) is 9.90 Å². The Kier molecular flexibility index (Phi) is 7.23. The molecule has 30 heavy (non-hydrogen) atoms. The number of rotatable bonds is 9. The SMILES string of the molecule is CCN(CC)CCc1c(CO)[nH]c(C=C2NC=CN=C2C2C=NNC2=O)c1C(C)C. The average molecular weight is 413 g/mol. The highest BCUT2D eigenvalue weighted by atomic mass is 16.3. The Balaban J connectivity index is 1.98. The van der Waals surface area contributed by atoms with Gasteiger partial charge in [-0.1, -0.05) is 27.7 Å². The maximum atomic E-state index is 12.1. The van der Waals surface area contributed by atoms with Crippen molar-refractivity contribution in [3.8, 4) is 0 Å². The number of carbonyl (C=O) groups excluding carboxylic acids is 1. The molecule has 8 heteroatoms. The lowest BCUT2D eigenvalue weighted by Gasteiger charge is -2.19. The second-order valence-electron chi connectivity index (χ2n) is 7.76. The lowest BCUT2D eigenvalue weighted by Crippen LogP contribution is -2.32. The van der Waals surface area contributed by atoms with Crippen LogP contribution in [-0.2, 0) is 17.8 Å². The molecule has 1 amide bonds. The van der Waals surface area contributed by atoms with Crippen molar-refractivity contribution in [1.82, 2.24) is 20.6 Å². The summed E-state index contributed by atoms with van der Waals surface area (Å²) in [5.74, 6) is -0.440. The molecule has 162 valence electrons. The first-order chi connectivity index (χ1) is 14.5. The number of aromatic amines is 1. The fourth-order valence-electron chi connectivity index (χ4n) is 4.04. The minimum atomic E-state index is -0.523. The molecule has 3 rings (SSSR count). The maximum Gasteiger partial charge on any atom is 0.254 e. The van der Waals surface area contributed by atoms with Crippen LogP contribution in [0.1, 0.15) is 56.1 Å². The lowest BCUT2D eigenvalue weighted by atomic mass is 9.94. The van der Waals surface area contributed by atoms with Crippen molar-refractivity contribution in [2.45, 2.75) is 46.6 Å². The third-order valence-electron chi connectivity index (χ3n) is 5.64. The van der Waals surface area contributed by atoms with Gasteiger partial charge in [0.25, 0.3) is 5.91 Å². The number of nitrogens with zero attached hydrogens (tertiary/aromatic N) is 3. The van der Waals surface area contributed by atoms with Crippen LogP contribution in [0.2, 0.25) is 0 Å². The van der Waals surface area contributed by atoms with Crippen molar-refractivity contribution in [3.63, 3.8) is 0 Å². The number of aromatic nitrogens is 1. The molecule has 2 aliphatic rings. The molecule has 1 aromatic heterocycles. The Labute approximate surface area is 177 Å². The molecule has 8 nitrogen and oxygen atoms in total. The van der Waals surface area contributed by atoms with Gasteiger partial charge in [-0.25, -0.2) is 5.43 Å². The number of allylic oxidation sites excluding steroid dienone is 1. The number of aliphatic imine (C=N–C) groups is 1. The molecule has 1 atom stereocenters. The van der Waals surface area contributed by atoms with Crippen molar-refractivity contribution in [2.75, 3.05) is 19.6 Å². The number of hydrogen-bond acceptors (Lipinski definition) is 6. The molecule has 2 aliphatic heterocycles. The van der Waals surface area contributed by atoms with Crippen molar-refractivity contribution >= 4 is 23.9 Å². The molecule has 0 fully saturated rings. The van der Waals surface area contributed by atoms with E-state index in [1.165, 1.54) is 11.1 Å². The van der Waals surface area contributed by atoms with Crippen LogP contribution in [0, 0.1) is 5.92 Å². The zero-order valence-electron chi connectivity index (χ0n) is 18.2. The summed E-state index contributed by atoms with van der Waals surface area (Å²) in [5, 5.41) is 17.1. The minimum Gasteiger partial charge on any atom is -0.390 e. The quantitative estimate of drug-likeness (QED) is 0.498. The summed E-state index contributed by atoms with van der Waals surface area (Å²) in [6.45, 7) is 11.6. The van der Waals surface area contributed by atoms with E-state index in [0.717, 1.165) is 43.1 Å². The number of aliphatic hydroxyl groups excluding tert-OH is 1. The number of likely N-dealkylation sites (N-methyl/N-ethyl adjacent to an activating group) is 1. The summed E-state index contributed by atoms with van der Waals surface area (Å²) >= 11 is 0. The van der Waals surface area contributed by atoms with Gasteiger partial charge >= 0.3 is 0 Å². The van der Waals surface area contributed by atoms with Crippen LogP contribution >= 0.6 is 0 Å². The highest BCUT2D eigenvalue weighted by Gasteiger charge is 2.30. The summed E-state index contributed by atoms with van der Waals surface area (Å²) in [7, 11) is 0. The first-order valence-corrected chi connectivity index (χ1v) is 10.6. The zero-order chi connectivity index (χ0) is 21.7. The Bertz CT molecular complexity index is 890. The van der Waals surface area contributed by atoms with E-state index >= 15 is 0 Å². The molecule has 0 spiro atoms. The molecule has 0 saturated carbocycles. The molecule has 4 N–H and O–H groups in total. The van der Waals surface area contributed by atoms with E-state index < -0.39 is 5.92 Å². The number of nitrogens with one attached hydrogen (secondary N) is 3. The molecule has 0 aromatic carbocycles. The molecule has 0 bridgehead atoms. The van der Waals surface area contributed by atoms with Crippen LogP contribution in [0.5, 0.6) is 0 Å². The van der Waals surface area contributed by atoms with Gasteiger partial charge in [0, 0.05) is 36.5 Å². The van der Waals surface area contributed by atoms with E-state index in [2.05, 4.69) is 58.4 Å². The number of hydrogen-bond donors (Lipinski definition) is 4. The largest absolute Gasteiger partial charge is 0.390 e. The molecular weight excluding hydrogens is 380 g/mol. The Morgan fingerprint density at radius 1 is 1.30 bits per heavy atom. The first kappa shape index (κ1) is 22.0. The second-order valence-corrected chi connectivity index (χ2v) is 7.76. The van der Waals surface area contributed by atoms with E-state index in [1.54, 1.807) is 18.6 Å². The summed E-state index contributed by atoms with van der Waals surface area (Å²) in [6, 6.07) is 0. The predicted molar refractivity (Wildman–Crippen MR) is 120 cm³/mol. The molecule has 3 heterocycles. The van der Waals surface area contributed by atoms with Gasteiger partial charge in [-0.15, -0.1) is 0 Å². The fraction of sp³-hybridized carbons (Fsp3) is 0.500. The Morgan fingerprint density at radius 2 is 2.07 bits per heavy atom. The maximum absolute atomic E-state index is 12.1. The molecule has 0 radical (unpaired) electrons. The lowest BCUT2D eigenvalue weighted by molar-refractivity contribution is -0.120. The summed E-state index contributed by atoms with van der Waals surface area (Å²) in [5.41, 5.74) is 7.99. The summed E-state index contributed by atoms with van der Waals surface area (Å²) in [6.07, 6.45) is 7.81. The van der Waals surface area contributed by atoms with Gasteiger partial charge in [0.05, 0.1) is 18.0 Å². The molecular formula is C22H32N6O2. The number of carbonyl (C=O) groups is 1. The van der Waals surface area contributed by atoms with Crippen LogP contribution < -0.4 is 10.7 Å². The van der Waals surface area contributed by atoms with Crippen molar-refractivity contribution in [3.05, 3.63) is 40.6 Å². The topological polar surface area (TPSA) is 105 Å². The van der Waals surface area contributed by atoms with Gasteiger partial charge in [0.15, 0.2) is 0 Å². The highest BCUT2D eigenvalue weighted by molar-refractivity contribution is 6.24. The van der Waals surface area contributed by atoms with Crippen LogP contribution in [0.4, 0.5) is 0 Å². The van der Waals surface area contributed by atoms with Crippen LogP contribution in [0.3, 0.4) is 0 Å². The van der Waals surface area contributed by atoms with Gasteiger partial charge in [0.1, 0.15) is 5.92 Å². The molecule has 0 aliphatic carbocycles. The molecule has 1 aromatic rings. The number of amides is 1. The number of H-pyrrole nitrogens is 1. The second kappa shape index (κ2) is 9.86. The van der Waals surface area contributed by atoms with Crippen LogP contribution in [0.15, 0.2) is 28.2 Å². The zero-order valence-corrected chi connectivity index (χ0v) is 18.2. The third-order valence-corrected chi connectivity index (χ3v) is 5.64. The van der Waals surface area contributed by atoms with Gasteiger partial charge < -0.3 is 20.3 Å². The van der Waals surface area contributed by atoms with Crippen molar-refractivity contribution < 1.29 is 9.90 Å². The number of aliphatic hydroxyl groups is 1. The normalized spacial score (nSPS) is 19.7. The third kappa shape index (κ3) is 4.55. The van der Waals surface area contributed by atoms with Gasteiger partial charge in [0.2, 0.25) is 0 Å². The van der Waals surface area contributed by atoms with Crippen LogP contribution in [-0.4, -0.2) is 52.5 Å². The number of hydrazone groups is 1. The van der Waals surface area contributed by atoms with E-state index in [4.69, 9.17) is 0 Å². The van der Waals surface area contributed by atoms with Gasteiger partial charge in [-0.3, -0.25) is 9.79 Å². The average Bonchev–Trinajstić information content (AvgIpc) is 3.32. The minimum absolute atomic E-state index is 0.0392. The first-order valence-electron chi connectivity index (χ1n) is 10.6. The van der Waals surface area contributed by atoms with E-state index in [-0.39, 0.29) is 18.4 Å². The smallest absolute Gasteiger partial charge is 0.254 e.